The molecular formula is C16H11NO2. The number of aromatic nitrogens is 1. The molecule has 0 atom stereocenters. The molecule has 0 saturated heterocycles. The van der Waals surface area contributed by atoms with Gasteiger partial charge in [-0.15, -0.1) is 0 Å². The molecule has 0 spiro atoms. The number of hydrogen-bond acceptors (Lipinski definition) is 2. The molecule has 0 amide bonds. The second-order valence-corrected chi connectivity index (χ2v) is 4.27. The number of carboxylic acid groups (broad SMARTS) is 1. The van der Waals surface area contributed by atoms with Gasteiger partial charge in [0, 0.05) is 11.6 Å². The van der Waals surface area contributed by atoms with Crippen molar-refractivity contribution in [2.24, 2.45) is 0 Å². The van der Waals surface area contributed by atoms with E-state index in [0.29, 0.717) is 5.52 Å². The zero-order valence-electron chi connectivity index (χ0n) is 10.1. The lowest BCUT2D eigenvalue weighted by molar-refractivity contribution is 0.0697. The number of aromatic carboxylic acids is 1. The maximum Gasteiger partial charge on any atom is 0.335 e. The van der Waals surface area contributed by atoms with Crippen LogP contribution in [0, 0.1) is 0 Å². The van der Waals surface area contributed by atoms with E-state index in [1.54, 1.807) is 18.3 Å². The van der Waals surface area contributed by atoms with Crippen molar-refractivity contribution in [1.29, 1.82) is 0 Å². The van der Waals surface area contributed by atoms with Crippen LogP contribution in [0.5, 0.6) is 0 Å². The minimum Gasteiger partial charge on any atom is -0.478 e. The van der Waals surface area contributed by atoms with Gasteiger partial charge in [0.15, 0.2) is 0 Å². The molecular weight excluding hydrogens is 238 g/mol. The van der Waals surface area contributed by atoms with Gasteiger partial charge in [-0.1, -0.05) is 36.4 Å². The molecule has 0 aliphatic heterocycles. The highest BCUT2D eigenvalue weighted by Crippen LogP contribution is 2.29. The summed E-state index contributed by atoms with van der Waals surface area (Å²) in [5.74, 6) is -0.940. The molecule has 3 aromatic rings. The van der Waals surface area contributed by atoms with Crippen molar-refractivity contribution in [3.63, 3.8) is 0 Å². The van der Waals surface area contributed by atoms with Crippen LogP contribution in [0.1, 0.15) is 10.4 Å². The predicted octanol–water partition coefficient (Wildman–Crippen LogP) is 3.60. The van der Waals surface area contributed by atoms with Crippen LogP contribution in [0.2, 0.25) is 0 Å². The minimum atomic E-state index is -0.940. The summed E-state index contributed by atoms with van der Waals surface area (Å²) in [5.41, 5.74) is 2.83. The first kappa shape index (κ1) is 11.4. The van der Waals surface area contributed by atoms with Crippen molar-refractivity contribution in [2.45, 2.75) is 0 Å². The van der Waals surface area contributed by atoms with E-state index in [-0.39, 0.29) is 5.56 Å². The molecule has 0 radical (unpaired) electrons. The summed E-state index contributed by atoms with van der Waals surface area (Å²) in [6.07, 6.45) is 1.67. The van der Waals surface area contributed by atoms with Gasteiger partial charge in [0.1, 0.15) is 0 Å². The molecule has 3 rings (SSSR count). The summed E-state index contributed by atoms with van der Waals surface area (Å²) < 4.78 is 0. The lowest BCUT2D eigenvalue weighted by atomic mass is 9.98. The standard InChI is InChI=1S/C16H11NO2/c18-16(19)12-9-14(11-5-2-1-3-6-11)13-7-4-8-17-15(13)10-12/h1-10H,(H,18,19). The molecule has 19 heavy (non-hydrogen) atoms. The van der Waals surface area contributed by atoms with Gasteiger partial charge in [0.2, 0.25) is 0 Å². The molecule has 1 N–H and O–H groups in total. The van der Waals surface area contributed by atoms with Crippen molar-refractivity contribution in [3.8, 4) is 11.1 Å². The zero-order chi connectivity index (χ0) is 13.2. The Bertz CT molecular complexity index is 751. The van der Waals surface area contributed by atoms with Crippen LogP contribution in [0.25, 0.3) is 22.0 Å². The van der Waals surface area contributed by atoms with Crippen LogP contribution in [-0.2, 0) is 0 Å². The Morgan fingerprint density at radius 1 is 1.00 bits per heavy atom. The van der Waals surface area contributed by atoms with Crippen LogP contribution in [-0.4, -0.2) is 16.1 Å². The van der Waals surface area contributed by atoms with E-state index in [2.05, 4.69) is 4.98 Å². The van der Waals surface area contributed by atoms with E-state index in [1.165, 1.54) is 0 Å². The first-order valence-electron chi connectivity index (χ1n) is 5.93. The van der Waals surface area contributed by atoms with E-state index in [1.807, 2.05) is 42.5 Å². The highest BCUT2D eigenvalue weighted by atomic mass is 16.4. The largest absolute Gasteiger partial charge is 0.478 e. The van der Waals surface area contributed by atoms with Gasteiger partial charge in [0.25, 0.3) is 0 Å². The summed E-state index contributed by atoms with van der Waals surface area (Å²) in [5, 5.41) is 10.1. The van der Waals surface area contributed by atoms with E-state index in [4.69, 9.17) is 0 Å². The number of fused-ring (bicyclic) bond motifs is 1. The number of benzene rings is 2. The van der Waals surface area contributed by atoms with Crippen molar-refractivity contribution in [3.05, 3.63) is 66.4 Å². The third kappa shape index (κ3) is 2.06. The molecule has 2 aromatic carbocycles. The van der Waals surface area contributed by atoms with E-state index in [9.17, 15) is 9.90 Å². The lowest BCUT2D eigenvalue weighted by Gasteiger charge is -2.08. The van der Waals surface area contributed by atoms with Crippen molar-refractivity contribution in [2.75, 3.05) is 0 Å². The number of pyridine rings is 1. The number of carbonyl (C=O) groups is 1. The predicted molar refractivity (Wildman–Crippen MR) is 74.1 cm³/mol. The fourth-order valence-electron chi connectivity index (χ4n) is 2.16. The summed E-state index contributed by atoms with van der Waals surface area (Å²) >= 11 is 0. The van der Waals surface area contributed by atoms with E-state index in [0.717, 1.165) is 16.5 Å². The molecule has 0 fully saturated rings. The highest BCUT2D eigenvalue weighted by Gasteiger charge is 2.10. The third-order valence-electron chi connectivity index (χ3n) is 3.05. The Labute approximate surface area is 110 Å². The molecule has 3 heteroatoms. The number of rotatable bonds is 2. The average Bonchev–Trinajstić information content (AvgIpc) is 2.47. The molecule has 0 bridgehead atoms. The van der Waals surface area contributed by atoms with E-state index < -0.39 is 5.97 Å². The van der Waals surface area contributed by atoms with Crippen LogP contribution in [0.15, 0.2) is 60.8 Å². The molecule has 92 valence electrons. The number of carboxylic acids is 1. The second kappa shape index (κ2) is 4.53. The molecule has 0 unspecified atom stereocenters. The summed E-state index contributed by atoms with van der Waals surface area (Å²) in [7, 11) is 0. The molecule has 0 aliphatic rings. The van der Waals surface area contributed by atoms with Gasteiger partial charge in [-0.05, 0) is 29.3 Å². The Morgan fingerprint density at radius 2 is 1.79 bits per heavy atom. The summed E-state index contributed by atoms with van der Waals surface area (Å²) in [6, 6.07) is 16.8. The molecule has 3 nitrogen and oxygen atoms in total. The normalized spacial score (nSPS) is 10.5. The molecule has 1 heterocycles. The fourth-order valence-corrected chi connectivity index (χ4v) is 2.16. The first-order chi connectivity index (χ1) is 9.25. The van der Waals surface area contributed by atoms with Crippen LogP contribution < -0.4 is 0 Å². The quantitative estimate of drug-likeness (QED) is 0.754. The highest BCUT2D eigenvalue weighted by molar-refractivity contribution is 6.01. The Balaban J connectivity index is 2.36. The minimum absolute atomic E-state index is 0.255. The monoisotopic (exact) mass is 249 g/mol. The summed E-state index contributed by atoms with van der Waals surface area (Å²) in [6.45, 7) is 0. The smallest absolute Gasteiger partial charge is 0.335 e. The van der Waals surface area contributed by atoms with Gasteiger partial charge >= 0.3 is 5.97 Å². The van der Waals surface area contributed by atoms with Gasteiger partial charge in [-0.25, -0.2) is 4.79 Å². The zero-order valence-corrected chi connectivity index (χ0v) is 10.1. The SMILES string of the molecule is O=C(O)c1cc(-c2ccccc2)c2cccnc2c1. The van der Waals surface area contributed by atoms with Gasteiger partial charge in [-0.3, -0.25) is 4.98 Å². The Kier molecular flexibility index (Phi) is 2.72. The summed E-state index contributed by atoms with van der Waals surface area (Å²) in [4.78, 5) is 15.4. The number of hydrogen-bond donors (Lipinski definition) is 1. The van der Waals surface area contributed by atoms with Gasteiger partial charge < -0.3 is 5.11 Å². The molecule has 0 saturated carbocycles. The maximum absolute atomic E-state index is 11.2. The average molecular weight is 249 g/mol. The van der Waals surface area contributed by atoms with Gasteiger partial charge in [0.05, 0.1) is 11.1 Å². The topological polar surface area (TPSA) is 50.2 Å². The molecule has 0 aliphatic carbocycles. The Hall–Kier alpha value is -2.68. The second-order valence-electron chi connectivity index (χ2n) is 4.27. The Morgan fingerprint density at radius 3 is 2.53 bits per heavy atom. The van der Waals surface area contributed by atoms with Crippen molar-refractivity contribution >= 4 is 16.9 Å². The van der Waals surface area contributed by atoms with Crippen LogP contribution >= 0.6 is 0 Å². The maximum atomic E-state index is 11.2. The van der Waals surface area contributed by atoms with E-state index >= 15 is 0 Å². The lowest BCUT2D eigenvalue weighted by Crippen LogP contribution is -1.97. The fraction of sp³-hybridized carbons (Fsp3) is 0. The first-order valence-corrected chi connectivity index (χ1v) is 5.93. The van der Waals surface area contributed by atoms with Crippen molar-refractivity contribution in [1.82, 2.24) is 4.98 Å². The van der Waals surface area contributed by atoms with Crippen LogP contribution in [0.4, 0.5) is 0 Å². The van der Waals surface area contributed by atoms with Crippen LogP contribution in [0.3, 0.4) is 0 Å². The third-order valence-corrected chi connectivity index (χ3v) is 3.05. The van der Waals surface area contributed by atoms with Crippen molar-refractivity contribution < 1.29 is 9.90 Å². The number of nitrogens with zero attached hydrogens (tertiary/aromatic N) is 1. The van der Waals surface area contributed by atoms with Gasteiger partial charge in [-0.2, -0.15) is 0 Å². The molecule has 1 aromatic heterocycles.